The van der Waals surface area contributed by atoms with Crippen LogP contribution in [-0.4, -0.2) is 43.6 Å². The lowest BCUT2D eigenvalue weighted by Gasteiger charge is -2.32. The molecule has 1 atom stereocenters. The van der Waals surface area contributed by atoms with Gasteiger partial charge in [-0.1, -0.05) is 36.8 Å². The highest BCUT2D eigenvalue weighted by molar-refractivity contribution is 5.79. The first-order chi connectivity index (χ1) is 10.7. The van der Waals surface area contributed by atoms with E-state index in [1.54, 1.807) is 4.68 Å². The minimum absolute atomic E-state index is 0.212. The second kappa shape index (κ2) is 6.65. The van der Waals surface area contributed by atoms with Gasteiger partial charge in [0.1, 0.15) is 0 Å². The van der Waals surface area contributed by atoms with Gasteiger partial charge in [0, 0.05) is 0 Å². The summed E-state index contributed by atoms with van der Waals surface area (Å²) < 4.78 is 1.78. The van der Waals surface area contributed by atoms with Gasteiger partial charge in [-0.3, -0.25) is 9.69 Å². The molecule has 1 amide bonds. The second-order valence-corrected chi connectivity index (χ2v) is 5.62. The van der Waals surface area contributed by atoms with Gasteiger partial charge in [-0.25, -0.2) is 4.68 Å². The number of aromatic nitrogens is 4. The zero-order chi connectivity index (χ0) is 15.4. The van der Waals surface area contributed by atoms with E-state index in [-0.39, 0.29) is 11.9 Å². The topological polar surface area (TPSA) is 89.9 Å². The first kappa shape index (κ1) is 14.6. The maximum Gasteiger partial charge on any atom is 0.234 e. The number of nitrogens with zero attached hydrogens (tertiary/aromatic N) is 5. The van der Waals surface area contributed by atoms with Crippen LogP contribution in [0.15, 0.2) is 30.3 Å². The van der Waals surface area contributed by atoms with E-state index in [0.717, 1.165) is 37.2 Å². The van der Waals surface area contributed by atoms with E-state index in [1.165, 1.54) is 0 Å². The Morgan fingerprint density at radius 3 is 2.82 bits per heavy atom. The molecule has 116 valence electrons. The van der Waals surface area contributed by atoms with Crippen LogP contribution in [0.3, 0.4) is 0 Å². The Balaban J connectivity index is 1.73. The van der Waals surface area contributed by atoms with Crippen LogP contribution in [0.5, 0.6) is 0 Å². The molecule has 0 unspecified atom stereocenters. The number of carbonyl (C=O) groups is 1. The van der Waals surface area contributed by atoms with Gasteiger partial charge in [-0.15, -0.1) is 5.10 Å². The van der Waals surface area contributed by atoms with Crippen molar-refractivity contribution in [1.29, 1.82) is 0 Å². The molecule has 2 N–H and O–H groups in total. The van der Waals surface area contributed by atoms with Gasteiger partial charge in [0.25, 0.3) is 0 Å². The van der Waals surface area contributed by atoms with E-state index in [4.69, 9.17) is 5.73 Å². The fraction of sp³-hybridized carbons (Fsp3) is 0.467. The van der Waals surface area contributed by atoms with Crippen molar-refractivity contribution < 1.29 is 4.79 Å². The fourth-order valence-corrected chi connectivity index (χ4v) is 2.90. The molecule has 0 bridgehead atoms. The Morgan fingerprint density at radius 1 is 1.23 bits per heavy atom. The minimum atomic E-state index is -0.262. The normalized spacial score (nSPS) is 19.2. The predicted octanol–water partition coefficient (Wildman–Crippen LogP) is 0.561. The smallest absolute Gasteiger partial charge is 0.234 e. The summed E-state index contributed by atoms with van der Waals surface area (Å²) in [4.78, 5) is 13.7. The van der Waals surface area contributed by atoms with Crippen molar-refractivity contribution in [3.63, 3.8) is 0 Å². The number of carbonyl (C=O) groups excluding carboxylic acids is 1. The Kier molecular flexibility index (Phi) is 4.43. The first-order valence-electron chi connectivity index (χ1n) is 7.56. The summed E-state index contributed by atoms with van der Waals surface area (Å²) in [5, 5.41) is 11.9. The Hall–Kier alpha value is -2.28. The maximum absolute atomic E-state index is 11.6. The number of tetrazole rings is 1. The average molecular weight is 300 g/mol. The molecule has 3 rings (SSSR count). The number of rotatable bonds is 5. The van der Waals surface area contributed by atoms with Crippen molar-refractivity contribution in [3.05, 3.63) is 41.7 Å². The zero-order valence-corrected chi connectivity index (χ0v) is 12.4. The number of likely N-dealkylation sites (tertiary alicyclic amines) is 1. The number of amides is 1. The molecule has 0 radical (unpaired) electrons. The molecule has 2 heterocycles. The molecule has 2 aromatic rings. The van der Waals surface area contributed by atoms with Crippen molar-refractivity contribution in [2.45, 2.75) is 38.4 Å². The summed E-state index contributed by atoms with van der Waals surface area (Å²) >= 11 is 0. The maximum atomic E-state index is 11.6. The van der Waals surface area contributed by atoms with Gasteiger partial charge in [-0.05, 0) is 35.4 Å². The molecule has 7 heteroatoms. The van der Waals surface area contributed by atoms with Gasteiger partial charge in [0.05, 0.1) is 19.1 Å². The largest absolute Gasteiger partial charge is 0.368 e. The minimum Gasteiger partial charge on any atom is -0.368 e. The summed E-state index contributed by atoms with van der Waals surface area (Å²) in [6.45, 7) is 2.03. The molecule has 7 nitrogen and oxygen atoms in total. The number of piperidine rings is 1. The quantitative estimate of drug-likeness (QED) is 0.871. The lowest BCUT2D eigenvalue weighted by molar-refractivity contribution is -0.124. The molecule has 0 spiro atoms. The van der Waals surface area contributed by atoms with Crippen molar-refractivity contribution in [3.8, 4) is 0 Å². The summed E-state index contributed by atoms with van der Waals surface area (Å²) in [6, 6.07) is 9.84. The molecule has 1 aliphatic heterocycles. The monoisotopic (exact) mass is 300 g/mol. The lowest BCUT2D eigenvalue weighted by atomic mass is 10.0. The number of hydrogen-bond acceptors (Lipinski definition) is 5. The van der Waals surface area contributed by atoms with Crippen molar-refractivity contribution in [2.75, 3.05) is 6.54 Å². The molecule has 1 fully saturated rings. The number of nitrogens with two attached hydrogens (primary N) is 1. The van der Waals surface area contributed by atoms with E-state index >= 15 is 0 Å². The van der Waals surface area contributed by atoms with Gasteiger partial charge in [0.15, 0.2) is 5.82 Å². The third-order valence-corrected chi connectivity index (χ3v) is 4.07. The van der Waals surface area contributed by atoms with E-state index < -0.39 is 0 Å². The first-order valence-corrected chi connectivity index (χ1v) is 7.56. The summed E-state index contributed by atoms with van der Waals surface area (Å²) in [5.74, 6) is 0.499. The van der Waals surface area contributed by atoms with E-state index in [2.05, 4.69) is 20.4 Å². The molecule has 22 heavy (non-hydrogen) atoms. The molecular formula is C15H20N6O. The van der Waals surface area contributed by atoms with Crippen molar-refractivity contribution in [1.82, 2.24) is 25.1 Å². The molecule has 1 saturated heterocycles. The van der Waals surface area contributed by atoms with E-state index in [0.29, 0.717) is 13.1 Å². The van der Waals surface area contributed by atoms with Crippen molar-refractivity contribution in [2.24, 2.45) is 5.73 Å². The molecule has 1 aromatic carbocycles. The summed E-state index contributed by atoms with van der Waals surface area (Å²) in [6.07, 6.45) is 2.93. The molecular weight excluding hydrogens is 280 g/mol. The van der Waals surface area contributed by atoms with Crippen LogP contribution in [-0.2, 0) is 17.9 Å². The predicted molar refractivity (Wildman–Crippen MR) is 80.6 cm³/mol. The highest BCUT2D eigenvalue weighted by Gasteiger charge is 2.28. The van der Waals surface area contributed by atoms with Crippen LogP contribution in [0.1, 0.15) is 30.7 Å². The average Bonchev–Trinajstić information content (AvgIpc) is 2.96. The van der Waals surface area contributed by atoms with Crippen LogP contribution in [0.25, 0.3) is 0 Å². The van der Waals surface area contributed by atoms with E-state index in [1.807, 2.05) is 30.3 Å². The van der Waals surface area contributed by atoms with Crippen LogP contribution >= 0.6 is 0 Å². The molecule has 1 aliphatic rings. The van der Waals surface area contributed by atoms with Gasteiger partial charge in [0.2, 0.25) is 5.91 Å². The number of primary amides is 1. The van der Waals surface area contributed by atoms with Gasteiger partial charge >= 0.3 is 0 Å². The third kappa shape index (κ3) is 3.30. The van der Waals surface area contributed by atoms with Crippen LogP contribution < -0.4 is 5.73 Å². The lowest BCUT2D eigenvalue weighted by Crippen LogP contribution is -2.47. The van der Waals surface area contributed by atoms with Crippen LogP contribution in [0, 0.1) is 0 Å². The fourth-order valence-electron chi connectivity index (χ4n) is 2.90. The Labute approximate surface area is 129 Å². The highest BCUT2D eigenvalue weighted by Crippen LogP contribution is 2.18. The second-order valence-electron chi connectivity index (χ2n) is 5.62. The van der Waals surface area contributed by atoms with Crippen LogP contribution in [0.4, 0.5) is 0 Å². The zero-order valence-electron chi connectivity index (χ0n) is 12.4. The molecule has 0 saturated carbocycles. The van der Waals surface area contributed by atoms with Gasteiger partial charge < -0.3 is 5.73 Å². The highest BCUT2D eigenvalue weighted by atomic mass is 16.1. The number of benzene rings is 1. The molecule has 1 aromatic heterocycles. The summed E-state index contributed by atoms with van der Waals surface area (Å²) in [5.41, 5.74) is 6.65. The SMILES string of the molecule is NC(=O)[C@H]1CCCCN1Cc1nnnn1Cc1ccccc1. The Morgan fingerprint density at radius 2 is 2.05 bits per heavy atom. The number of hydrogen-bond donors (Lipinski definition) is 1. The van der Waals surface area contributed by atoms with Gasteiger partial charge in [-0.2, -0.15) is 0 Å². The Bertz CT molecular complexity index is 626. The van der Waals surface area contributed by atoms with Crippen LogP contribution in [0.2, 0.25) is 0 Å². The van der Waals surface area contributed by atoms with E-state index in [9.17, 15) is 4.79 Å². The third-order valence-electron chi connectivity index (χ3n) is 4.07. The standard InChI is InChI=1S/C15H20N6O/c16-15(22)13-8-4-5-9-20(13)11-14-17-18-19-21(14)10-12-6-2-1-3-7-12/h1-3,6-7,13H,4-5,8-11H2,(H2,16,22)/t13-/m1/s1. The van der Waals surface area contributed by atoms with Crippen molar-refractivity contribution >= 4 is 5.91 Å². The summed E-state index contributed by atoms with van der Waals surface area (Å²) in [7, 11) is 0. The molecule has 0 aliphatic carbocycles.